The van der Waals surface area contributed by atoms with Crippen LogP contribution in [-0.2, 0) is 12.8 Å². The first-order valence-corrected chi connectivity index (χ1v) is 7.76. The molecule has 1 aliphatic carbocycles. The van der Waals surface area contributed by atoms with Gasteiger partial charge in [0.1, 0.15) is 5.82 Å². The molecular formula is C15H16Cl2N4. The molecule has 110 valence electrons. The van der Waals surface area contributed by atoms with Crippen LogP contribution in [0.1, 0.15) is 30.5 Å². The number of hydrogen-bond donors (Lipinski definition) is 2. The molecule has 4 nitrogen and oxygen atoms in total. The van der Waals surface area contributed by atoms with E-state index in [0.717, 1.165) is 42.5 Å². The van der Waals surface area contributed by atoms with Crippen molar-refractivity contribution in [2.24, 2.45) is 5.84 Å². The van der Waals surface area contributed by atoms with Crippen LogP contribution >= 0.6 is 23.2 Å². The molecule has 1 aromatic heterocycles. The number of halogens is 2. The van der Waals surface area contributed by atoms with E-state index >= 15 is 0 Å². The third-order valence-corrected chi connectivity index (χ3v) is 4.29. The van der Waals surface area contributed by atoms with Crippen molar-refractivity contribution in [1.29, 1.82) is 0 Å². The van der Waals surface area contributed by atoms with Crippen LogP contribution in [0.25, 0.3) is 11.4 Å². The van der Waals surface area contributed by atoms with Crippen LogP contribution in [0.5, 0.6) is 0 Å². The van der Waals surface area contributed by atoms with E-state index in [1.165, 1.54) is 6.42 Å². The van der Waals surface area contributed by atoms with E-state index in [4.69, 9.17) is 34.0 Å². The van der Waals surface area contributed by atoms with E-state index < -0.39 is 0 Å². The number of hydrazine groups is 1. The fourth-order valence-corrected chi connectivity index (χ4v) is 3.17. The number of hydrogen-bond acceptors (Lipinski definition) is 4. The molecule has 0 aliphatic heterocycles. The molecule has 3 rings (SSSR count). The van der Waals surface area contributed by atoms with Gasteiger partial charge in [-0.3, -0.25) is 0 Å². The highest BCUT2D eigenvalue weighted by atomic mass is 35.5. The Morgan fingerprint density at radius 3 is 2.62 bits per heavy atom. The zero-order valence-electron chi connectivity index (χ0n) is 11.5. The van der Waals surface area contributed by atoms with E-state index in [1.54, 1.807) is 12.1 Å². The molecule has 0 saturated heterocycles. The molecule has 1 aliphatic rings. The summed E-state index contributed by atoms with van der Waals surface area (Å²) in [6, 6.07) is 5.32. The first kappa shape index (κ1) is 14.6. The van der Waals surface area contributed by atoms with Crippen molar-refractivity contribution >= 4 is 29.0 Å². The molecule has 0 bridgehead atoms. The third kappa shape index (κ3) is 2.98. The number of fused-ring (bicyclic) bond motifs is 1. The molecule has 21 heavy (non-hydrogen) atoms. The number of rotatable bonds is 2. The molecule has 0 radical (unpaired) electrons. The lowest BCUT2D eigenvalue weighted by molar-refractivity contribution is 0.709. The molecule has 0 saturated carbocycles. The van der Waals surface area contributed by atoms with E-state index in [-0.39, 0.29) is 0 Å². The van der Waals surface area contributed by atoms with Crippen LogP contribution in [0.3, 0.4) is 0 Å². The monoisotopic (exact) mass is 322 g/mol. The van der Waals surface area contributed by atoms with Crippen molar-refractivity contribution in [3.63, 3.8) is 0 Å². The summed E-state index contributed by atoms with van der Waals surface area (Å²) in [5.41, 5.74) is 5.67. The lowest BCUT2D eigenvalue weighted by atomic mass is 10.1. The van der Waals surface area contributed by atoms with Crippen molar-refractivity contribution in [3.8, 4) is 11.4 Å². The molecule has 2 aromatic rings. The van der Waals surface area contributed by atoms with E-state index in [2.05, 4.69) is 10.4 Å². The Morgan fingerprint density at radius 1 is 1.05 bits per heavy atom. The second-order valence-corrected chi connectivity index (χ2v) is 5.99. The predicted octanol–water partition coefficient (Wildman–Crippen LogP) is 4.00. The maximum Gasteiger partial charge on any atom is 0.163 e. The number of benzene rings is 1. The van der Waals surface area contributed by atoms with Gasteiger partial charge in [0.05, 0.1) is 5.02 Å². The molecule has 0 unspecified atom stereocenters. The molecule has 6 heteroatoms. The summed E-state index contributed by atoms with van der Waals surface area (Å²) >= 11 is 12.2. The van der Waals surface area contributed by atoms with Crippen LogP contribution in [0.2, 0.25) is 10.0 Å². The van der Waals surface area contributed by atoms with Gasteiger partial charge in [-0.25, -0.2) is 15.8 Å². The van der Waals surface area contributed by atoms with E-state index in [0.29, 0.717) is 21.7 Å². The highest BCUT2D eigenvalue weighted by Crippen LogP contribution is 2.32. The second-order valence-electron chi connectivity index (χ2n) is 5.15. The summed E-state index contributed by atoms with van der Waals surface area (Å²) in [5, 5.41) is 1.13. The summed E-state index contributed by atoms with van der Waals surface area (Å²) in [5.74, 6) is 6.93. The lowest BCUT2D eigenvalue weighted by Crippen LogP contribution is -2.14. The largest absolute Gasteiger partial charge is 0.308 e. The number of nitrogens with two attached hydrogens (primary N) is 1. The van der Waals surface area contributed by atoms with Gasteiger partial charge < -0.3 is 5.43 Å². The van der Waals surface area contributed by atoms with Gasteiger partial charge in [-0.05, 0) is 43.9 Å². The number of nitrogens with one attached hydrogen (secondary N) is 1. The van der Waals surface area contributed by atoms with Crippen molar-refractivity contribution in [2.45, 2.75) is 32.1 Å². The minimum Gasteiger partial charge on any atom is -0.308 e. The average Bonchev–Trinajstić information content (AvgIpc) is 2.71. The highest BCUT2D eigenvalue weighted by molar-refractivity contribution is 6.36. The molecule has 0 atom stereocenters. The fraction of sp³-hybridized carbons (Fsp3) is 0.333. The van der Waals surface area contributed by atoms with Gasteiger partial charge in [-0.2, -0.15) is 0 Å². The van der Waals surface area contributed by atoms with Crippen molar-refractivity contribution in [2.75, 3.05) is 5.43 Å². The molecular weight excluding hydrogens is 307 g/mol. The average molecular weight is 323 g/mol. The summed E-state index contributed by atoms with van der Waals surface area (Å²) in [6.07, 6.45) is 5.40. The fourth-order valence-electron chi connectivity index (χ4n) is 2.68. The topological polar surface area (TPSA) is 63.8 Å². The zero-order valence-corrected chi connectivity index (χ0v) is 13.0. The van der Waals surface area contributed by atoms with Gasteiger partial charge in [-0.1, -0.05) is 29.6 Å². The lowest BCUT2D eigenvalue weighted by Gasteiger charge is -2.13. The van der Waals surface area contributed by atoms with Crippen LogP contribution in [0.15, 0.2) is 18.2 Å². The van der Waals surface area contributed by atoms with Crippen LogP contribution < -0.4 is 11.3 Å². The SMILES string of the molecule is NNc1nc(-c2ccc(Cl)cc2Cl)nc2c1CCCCC2. The minimum atomic E-state index is 0.541. The molecule has 0 spiro atoms. The highest BCUT2D eigenvalue weighted by Gasteiger charge is 2.18. The van der Waals surface area contributed by atoms with Gasteiger partial charge in [0.2, 0.25) is 0 Å². The van der Waals surface area contributed by atoms with Crippen molar-refractivity contribution in [3.05, 3.63) is 39.5 Å². The Balaban J connectivity index is 2.13. The standard InChI is InChI=1S/C15H16Cl2N4/c16-9-6-7-10(12(17)8-9)14-19-13-5-3-1-2-4-11(13)15(20-14)21-18/h6-8H,1-5,18H2,(H,19,20,21). The summed E-state index contributed by atoms with van der Waals surface area (Å²) in [6.45, 7) is 0. The number of nitrogens with zero attached hydrogens (tertiary/aromatic N) is 2. The third-order valence-electron chi connectivity index (χ3n) is 3.74. The van der Waals surface area contributed by atoms with E-state index in [1.807, 2.05) is 6.07 Å². The van der Waals surface area contributed by atoms with Crippen LogP contribution in [-0.4, -0.2) is 9.97 Å². The van der Waals surface area contributed by atoms with Crippen molar-refractivity contribution in [1.82, 2.24) is 9.97 Å². The van der Waals surface area contributed by atoms with E-state index in [9.17, 15) is 0 Å². The Bertz CT molecular complexity index is 673. The van der Waals surface area contributed by atoms with Crippen LogP contribution in [0, 0.1) is 0 Å². The maximum absolute atomic E-state index is 6.26. The Morgan fingerprint density at radius 2 is 1.86 bits per heavy atom. The molecule has 3 N–H and O–H groups in total. The van der Waals surface area contributed by atoms with Gasteiger partial charge in [0, 0.05) is 21.8 Å². The Hall–Kier alpha value is -1.36. The summed E-state index contributed by atoms with van der Waals surface area (Å²) < 4.78 is 0. The number of nitrogen functional groups attached to an aromatic ring is 1. The van der Waals surface area contributed by atoms with Gasteiger partial charge in [0.25, 0.3) is 0 Å². The summed E-state index contributed by atoms with van der Waals surface area (Å²) in [4.78, 5) is 9.24. The predicted molar refractivity (Wildman–Crippen MR) is 86.6 cm³/mol. The molecule has 1 heterocycles. The van der Waals surface area contributed by atoms with Crippen LogP contribution in [0.4, 0.5) is 5.82 Å². The summed E-state index contributed by atoms with van der Waals surface area (Å²) in [7, 11) is 0. The first-order chi connectivity index (χ1) is 10.2. The van der Waals surface area contributed by atoms with Gasteiger partial charge in [-0.15, -0.1) is 0 Å². The van der Waals surface area contributed by atoms with Gasteiger partial charge in [0.15, 0.2) is 5.82 Å². The smallest absolute Gasteiger partial charge is 0.163 e. The first-order valence-electron chi connectivity index (χ1n) is 7.01. The second kappa shape index (κ2) is 6.18. The van der Waals surface area contributed by atoms with Crippen molar-refractivity contribution < 1.29 is 0 Å². The maximum atomic E-state index is 6.26. The van der Waals surface area contributed by atoms with Gasteiger partial charge >= 0.3 is 0 Å². The number of aromatic nitrogens is 2. The number of anilines is 1. The molecule has 0 amide bonds. The quantitative estimate of drug-likeness (QED) is 0.498. The number of aryl methyl sites for hydroxylation is 1. The Labute approximate surface area is 133 Å². The minimum absolute atomic E-state index is 0.541. The Kier molecular flexibility index (Phi) is 4.29. The normalized spacial score (nSPS) is 14.4. The molecule has 1 aromatic carbocycles. The zero-order chi connectivity index (χ0) is 14.8. The molecule has 0 fully saturated rings.